The van der Waals surface area contributed by atoms with Crippen LogP contribution in [-0.4, -0.2) is 25.8 Å². The van der Waals surface area contributed by atoms with Crippen LogP contribution in [0.15, 0.2) is 24.5 Å². The van der Waals surface area contributed by atoms with Gasteiger partial charge in [0.1, 0.15) is 0 Å². The zero-order valence-corrected chi connectivity index (χ0v) is 8.97. The number of carboxylic acids is 1. The summed E-state index contributed by atoms with van der Waals surface area (Å²) in [7, 11) is 1.83. The Hall–Kier alpha value is -2.04. The first-order valence-electron chi connectivity index (χ1n) is 5.05. The van der Waals surface area contributed by atoms with Crippen LogP contribution in [0.25, 0.3) is 11.3 Å². The summed E-state index contributed by atoms with van der Waals surface area (Å²) in [6, 6.07) is 3.85. The van der Waals surface area contributed by atoms with Gasteiger partial charge in [-0.2, -0.15) is 5.10 Å². The van der Waals surface area contributed by atoms with Gasteiger partial charge in [-0.3, -0.25) is 9.48 Å². The van der Waals surface area contributed by atoms with Crippen LogP contribution in [0.5, 0.6) is 0 Å². The summed E-state index contributed by atoms with van der Waals surface area (Å²) in [6.07, 6.45) is 4.28. The average Bonchev–Trinajstić information content (AvgIpc) is 2.82. The molecule has 5 nitrogen and oxygen atoms in total. The molecule has 0 bridgehead atoms. The number of aromatic amines is 1. The molecule has 0 amide bonds. The summed E-state index contributed by atoms with van der Waals surface area (Å²) in [5, 5.41) is 12.9. The predicted molar refractivity (Wildman–Crippen MR) is 59.0 cm³/mol. The van der Waals surface area contributed by atoms with E-state index in [-0.39, 0.29) is 6.42 Å². The Morgan fingerprint density at radius 3 is 3.06 bits per heavy atom. The van der Waals surface area contributed by atoms with E-state index in [9.17, 15) is 4.79 Å². The summed E-state index contributed by atoms with van der Waals surface area (Å²) >= 11 is 0. The molecular formula is C11H13N3O2. The predicted octanol–water partition coefficient (Wildman–Crippen LogP) is 1.43. The van der Waals surface area contributed by atoms with Gasteiger partial charge in [0.15, 0.2) is 0 Å². The van der Waals surface area contributed by atoms with E-state index in [0.717, 1.165) is 17.0 Å². The lowest BCUT2D eigenvalue weighted by atomic mass is 10.1. The van der Waals surface area contributed by atoms with E-state index < -0.39 is 5.97 Å². The quantitative estimate of drug-likeness (QED) is 0.817. The maximum Gasteiger partial charge on any atom is 0.303 e. The molecule has 2 aromatic heterocycles. The summed E-state index contributed by atoms with van der Waals surface area (Å²) in [5.41, 5.74) is 2.74. The van der Waals surface area contributed by atoms with Crippen LogP contribution in [0.2, 0.25) is 0 Å². The smallest absolute Gasteiger partial charge is 0.303 e. The van der Waals surface area contributed by atoms with Gasteiger partial charge >= 0.3 is 5.97 Å². The Balaban J connectivity index is 2.27. The number of aromatic nitrogens is 3. The maximum absolute atomic E-state index is 10.5. The molecule has 16 heavy (non-hydrogen) atoms. The van der Waals surface area contributed by atoms with Crippen molar-refractivity contribution in [3.8, 4) is 11.3 Å². The number of carboxylic acid groups (broad SMARTS) is 1. The van der Waals surface area contributed by atoms with Crippen molar-refractivity contribution in [3.63, 3.8) is 0 Å². The molecule has 0 aliphatic rings. The second-order valence-electron chi connectivity index (χ2n) is 3.64. The lowest BCUT2D eigenvalue weighted by Crippen LogP contribution is -1.99. The van der Waals surface area contributed by atoms with E-state index in [0.29, 0.717) is 6.42 Å². The van der Waals surface area contributed by atoms with Gasteiger partial charge in [-0.05, 0) is 12.1 Å². The van der Waals surface area contributed by atoms with Gasteiger partial charge in [0.05, 0.1) is 12.1 Å². The van der Waals surface area contributed by atoms with Crippen molar-refractivity contribution in [1.29, 1.82) is 0 Å². The zero-order chi connectivity index (χ0) is 11.5. The van der Waals surface area contributed by atoms with Crippen molar-refractivity contribution in [1.82, 2.24) is 14.8 Å². The summed E-state index contributed by atoms with van der Waals surface area (Å²) in [5.74, 6) is -0.803. The number of H-pyrrole nitrogens is 1. The van der Waals surface area contributed by atoms with E-state index >= 15 is 0 Å². The first kappa shape index (κ1) is 10.5. The summed E-state index contributed by atoms with van der Waals surface area (Å²) < 4.78 is 1.70. The van der Waals surface area contributed by atoms with Crippen LogP contribution >= 0.6 is 0 Å². The van der Waals surface area contributed by atoms with Gasteiger partial charge < -0.3 is 10.1 Å². The van der Waals surface area contributed by atoms with Crippen LogP contribution in [-0.2, 0) is 18.3 Å². The minimum absolute atomic E-state index is 0.102. The first-order chi connectivity index (χ1) is 7.66. The van der Waals surface area contributed by atoms with E-state index in [1.54, 1.807) is 4.68 Å². The standard InChI is InChI=1S/C11H13N3O2/c1-14-7-8(9-3-2-6-12-9)10(13-14)4-5-11(15)16/h2-3,6-7,12H,4-5H2,1H3,(H,15,16). The van der Waals surface area contributed by atoms with Crippen molar-refractivity contribution in [2.45, 2.75) is 12.8 Å². The molecule has 5 heteroatoms. The Morgan fingerprint density at radius 2 is 2.44 bits per heavy atom. The molecule has 0 saturated heterocycles. The van der Waals surface area contributed by atoms with Crippen LogP contribution < -0.4 is 0 Å². The highest BCUT2D eigenvalue weighted by Gasteiger charge is 2.11. The molecular weight excluding hydrogens is 206 g/mol. The van der Waals surface area contributed by atoms with Gasteiger partial charge in [-0.1, -0.05) is 0 Å². The highest BCUT2D eigenvalue weighted by Crippen LogP contribution is 2.21. The van der Waals surface area contributed by atoms with Gasteiger partial charge in [-0.25, -0.2) is 0 Å². The second-order valence-corrected chi connectivity index (χ2v) is 3.64. The van der Waals surface area contributed by atoms with Crippen molar-refractivity contribution in [3.05, 3.63) is 30.2 Å². The molecule has 0 atom stereocenters. The molecule has 2 N–H and O–H groups in total. The first-order valence-corrected chi connectivity index (χ1v) is 5.05. The number of aryl methyl sites for hydroxylation is 2. The Kier molecular flexibility index (Phi) is 2.76. The van der Waals surface area contributed by atoms with E-state index in [1.165, 1.54) is 0 Å². The summed E-state index contributed by atoms with van der Waals surface area (Å²) in [6.45, 7) is 0. The molecule has 0 aromatic carbocycles. The molecule has 2 heterocycles. The Morgan fingerprint density at radius 1 is 1.62 bits per heavy atom. The average molecular weight is 219 g/mol. The normalized spacial score (nSPS) is 10.6. The molecule has 0 aliphatic heterocycles. The van der Waals surface area contributed by atoms with Gasteiger partial charge in [0.25, 0.3) is 0 Å². The third-order valence-corrected chi connectivity index (χ3v) is 2.37. The number of hydrogen-bond acceptors (Lipinski definition) is 2. The fourth-order valence-corrected chi connectivity index (χ4v) is 1.67. The highest BCUT2D eigenvalue weighted by molar-refractivity contribution is 5.68. The molecule has 0 spiro atoms. The third-order valence-electron chi connectivity index (χ3n) is 2.37. The fraction of sp³-hybridized carbons (Fsp3) is 0.273. The topological polar surface area (TPSA) is 70.9 Å². The monoisotopic (exact) mass is 219 g/mol. The SMILES string of the molecule is Cn1cc(-c2ccc[nH]2)c(CCC(=O)O)n1. The Bertz CT molecular complexity index is 485. The number of nitrogens with zero attached hydrogens (tertiary/aromatic N) is 2. The van der Waals surface area contributed by atoms with Crippen molar-refractivity contribution < 1.29 is 9.90 Å². The van der Waals surface area contributed by atoms with E-state index in [4.69, 9.17) is 5.11 Å². The molecule has 0 aliphatic carbocycles. The fourth-order valence-electron chi connectivity index (χ4n) is 1.67. The number of carbonyl (C=O) groups is 1. The van der Waals surface area contributed by atoms with Crippen LogP contribution in [0.1, 0.15) is 12.1 Å². The number of rotatable bonds is 4. The largest absolute Gasteiger partial charge is 0.481 e. The van der Waals surface area contributed by atoms with Gasteiger partial charge in [0.2, 0.25) is 0 Å². The number of nitrogens with one attached hydrogen (secondary N) is 1. The van der Waals surface area contributed by atoms with Crippen molar-refractivity contribution in [2.75, 3.05) is 0 Å². The third kappa shape index (κ3) is 2.13. The summed E-state index contributed by atoms with van der Waals surface area (Å²) in [4.78, 5) is 13.6. The molecule has 0 unspecified atom stereocenters. The molecule has 2 rings (SSSR count). The maximum atomic E-state index is 10.5. The minimum Gasteiger partial charge on any atom is -0.481 e. The van der Waals surface area contributed by atoms with E-state index in [2.05, 4.69) is 10.1 Å². The lowest BCUT2D eigenvalue weighted by Gasteiger charge is -1.97. The van der Waals surface area contributed by atoms with Crippen molar-refractivity contribution >= 4 is 5.97 Å². The van der Waals surface area contributed by atoms with Crippen LogP contribution in [0.4, 0.5) is 0 Å². The molecule has 0 fully saturated rings. The number of aliphatic carboxylic acids is 1. The minimum atomic E-state index is -0.803. The molecule has 0 radical (unpaired) electrons. The van der Waals surface area contributed by atoms with E-state index in [1.807, 2.05) is 31.6 Å². The lowest BCUT2D eigenvalue weighted by molar-refractivity contribution is -0.136. The zero-order valence-electron chi connectivity index (χ0n) is 8.97. The molecule has 84 valence electrons. The van der Waals surface area contributed by atoms with Gasteiger partial charge in [-0.15, -0.1) is 0 Å². The molecule has 0 saturated carbocycles. The Labute approximate surface area is 92.7 Å². The van der Waals surface area contributed by atoms with Crippen LogP contribution in [0, 0.1) is 0 Å². The number of hydrogen-bond donors (Lipinski definition) is 2. The second kappa shape index (κ2) is 4.22. The van der Waals surface area contributed by atoms with Crippen molar-refractivity contribution in [2.24, 2.45) is 7.05 Å². The van der Waals surface area contributed by atoms with Crippen LogP contribution in [0.3, 0.4) is 0 Å². The highest BCUT2D eigenvalue weighted by atomic mass is 16.4. The van der Waals surface area contributed by atoms with Gasteiger partial charge in [0, 0.05) is 37.1 Å². The molecule has 2 aromatic rings.